The van der Waals surface area contributed by atoms with Crippen LogP contribution >= 0.6 is 0 Å². The summed E-state index contributed by atoms with van der Waals surface area (Å²) in [5.41, 5.74) is 0.827. The second kappa shape index (κ2) is 3.76. The summed E-state index contributed by atoms with van der Waals surface area (Å²) in [4.78, 5) is 0. The predicted molar refractivity (Wildman–Crippen MR) is 45.2 cm³/mol. The van der Waals surface area contributed by atoms with Crippen LogP contribution in [0.4, 0.5) is 0 Å². The van der Waals surface area contributed by atoms with Crippen molar-refractivity contribution < 1.29 is 4.74 Å². The van der Waals surface area contributed by atoms with Crippen LogP contribution in [0.1, 0.15) is 0 Å². The van der Waals surface area contributed by atoms with E-state index in [0.717, 1.165) is 11.2 Å². The minimum Gasteiger partial charge on any atom is -0.497 e. The molecule has 0 aliphatic heterocycles. The Balaban J connectivity index is 3.18. The Hall–Kier alpha value is -1.31. The van der Waals surface area contributed by atoms with Gasteiger partial charge >= 0.3 is 5.43 Å². The third-order valence-corrected chi connectivity index (χ3v) is 1.40. The fourth-order valence-corrected chi connectivity index (χ4v) is 0.785. The number of methoxy groups -OCH3 is 1. The molecule has 0 bridgehead atoms. The molecule has 0 spiro atoms. The molecule has 0 radical (unpaired) electrons. The molecule has 0 atom stereocenters. The number of hydrogen-bond acceptors (Lipinski definition) is 1. The van der Waals surface area contributed by atoms with Crippen molar-refractivity contribution in [2.45, 2.75) is 0 Å². The number of hydrogen-bond donors (Lipinski definition) is 0. The van der Waals surface area contributed by atoms with Crippen LogP contribution in [0.25, 0.3) is 0 Å². The Labute approximate surface area is 65.8 Å². The smallest absolute Gasteiger partial charge is 0.343 e. The van der Waals surface area contributed by atoms with Crippen LogP contribution in [-0.4, -0.2) is 14.2 Å². The van der Waals surface area contributed by atoms with E-state index in [1.807, 2.05) is 30.3 Å². The summed E-state index contributed by atoms with van der Waals surface area (Å²) < 4.78 is 10.0. The largest absolute Gasteiger partial charge is 0.497 e. The molecule has 0 heterocycles. The Morgan fingerprint density at radius 2 is 2.00 bits per heavy atom. The molecule has 0 saturated carbocycles. The molecule has 0 aromatic heterocycles. The van der Waals surface area contributed by atoms with E-state index >= 15 is 0 Å². The molecule has 0 saturated heterocycles. The fraction of sp³-hybridized carbons (Fsp3) is 0.222. The second-order valence-corrected chi connectivity index (χ2v) is 2.07. The Kier molecular flexibility index (Phi) is 2.66. The molecule has 0 aliphatic rings. The quantitative estimate of drug-likeness (QED) is 0.553. The van der Waals surface area contributed by atoms with Gasteiger partial charge in [-0.15, -0.1) is 0 Å². The summed E-state index contributed by atoms with van der Waals surface area (Å²) >= 11 is 0. The highest BCUT2D eigenvalue weighted by Gasteiger charge is 1.88. The van der Waals surface area contributed by atoms with Crippen molar-refractivity contribution in [2.75, 3.05) is 14.2 Å². The molecule has 0 aliphatic carbocycles. The van der Waals surface area contributed by atoms with Gasteiger partial charge in [-0.25, -0.2) is 0 Å². The van der Waals surface area contributed by atoms with Crippen molar-refractivity contribution in [3.8, 4) is 5.75 Å². The summed E-state index contributed by atoms with van der Waals surface area (Å²) in [6.45, 7) is 0. The maximum absolute atomic E-state index is 5.02. The third kappa shape index (κ3) is 2.08. The van der Waals surface area contributed by atoms with Crippen molar-refractivity contribution >= 4 is 0 Å². The van der Waals surface area contributed by atoms with Crippen LogP contribution in [0.15, 0.2) is 34.8 Å². The van der Waals surface area contributed by atoms with Gasteiger partial charge in [-0.05, 0) is 18.2 Å². The molecule has 11 heavy (non-hydrogen) atoms. The van der Waals surface area contributed by atoms with Gasteiger partial charge in [0, 0.05) is 12.1 Å². The highest BCUT2D eigenvalue weighted by molar-refractivity contribution is 5.19. The van der Waals surface area contributed by atoms with E-state index in [0.29, 0.717) is 0 Å². The first-order valence-electron chi connectivity index (χ1n) is 3.38. The Morgan fingerprint density at radius 3 is 2.64 bits per heavy atom. The topological polar surface area (TPSA) is 20.5 Å². The molecule has 1 aromatic carbocycles. The van der Waals surface area contributed by atoms with E-state index < -0.39 is 0 Å². The van der Waals surface area contributed by atoms with Crippen LogP contribution in [-0.2, 0) is 0 Å². The molecule has 58 valence electrons. The summed E-state index contributed by atoms with van der Waals surface area (Å²) in [5, 5.41) is 0. The summed E-state index contributed by atoms with van der Waals surface area (Å²) in [7, 11) is 3.28. The molecule has 1 rings (SSSR count). The Bertz CT molecular complexity index is 292. The lowest BCUT2D eigenvalue weighted by atomic mass is 10.5. The van der Waals surface area contributed by atoms with Crippen molar-refractivity contribution in [3.05, 3.63) is 40.2 Å². The van der Waals surface area contributed by atoms with Crippen molar-refractivity contribution in [2.24, 2.45) is 0 Å². The zero-order chi connectivity index (χ0) is 8.10. The van der Waals surface area contributed by atoms with E-state index in [1.165, 1.54) is 0 Å². The second-order valence-electron chi connectivity index (χ2n) is 2.07. The molecular weight excluding hydrogens is 140 g/mol. The van der Waals surface area contributed by atoms with Gasteiger partial charge in [-0.3, -0.25) is 4.42 Å². The third-order valence-electron chi connectivity index (χ3n) is 1.40. The molecule has 0 N–H and O–H groups in total. The van der Waals surface area contributed by atoms with Crippen LogP contribution in [0.3, 0.4) is 0 Å². The van der Waals surface area contributed by atoms with Gasteiger partial charge < -0.3 is 4.74 Å². The molecule has 1 aromatic rings. The number of ether oxygens (including phenoxy) is 1. The van der Waals surface area contributed by atoms with Crippen LogP contribution < -0.4 is 10.2 Å². The molecule has 2 nitrogen and oxygen atoms in total. The van der Waals surface area contributed by atoms with Gasteiger partial charge in [0.2, 0.25) is 0 Å². The van der Waals surface area contributed by atoms with Crippen molar-refractivity contribution in [1.82, 2.24) is 0 Å². The first kappa shape index (κ1) is 7.79. The van der Waals surface area contributed by atoms with E-state index in [9.17, 15) is 0 Å². The van der Waals surface area contributed by atoms with Gasteiger partial charge in [-0.1, -0.05) is 0 Å². The predicted octanol–water partition coefficient (Wildman–Crippen LogP) is 1.22. The highest BCUT2D eigenvalue weighted by Crippen LogP contribution is 2.02. The van der Waals surface area contributed by atoms with Crippen molar-refractivity contribution in [3.63, 3.8) is 0 Å². The molecular formula is C9H11O2+. The first-order chi connectivity index (χ1) is 5.36. The normalized spacial score (nSPS) is 11.3. The summed E-state index contributed by atoms with van der Waals surface area (Å²) in [6.07, 6.45) is 0. The average Bonchev–Trinajstić information content (AvgIpc) is 2.28. The summed E-state index contributed by atoms with van der Waals surface area (Å²) in [5.74, 6) is 0.827. The zero-order valence-corrected chi connectivity index (χ0v) is 6.70. The maximum atomic E-state index is 5.02. The lowest BCUT2D eigenvalue weighted by molar-refractivity contribution is 0.415. The minimum atomic E-state index is 0.827. The van der Waals surface area contributed by atoms with Crippen LogP contribution in [0, 0.1) is 0 Å². The standard InChI is InChI=1S/C9H11O2/c1-10-8-4-3-5-9(11-2)7-6-8/h3-7H,1-2H3/q+1. The number of rotatable bonds is 1. The monoisotopic (exact) mass is 151 g/mol. The minimum absolute atomic E-state index is 0.827. The fourth-order valence-electron chi connectivity index (χ4n) is 0.785. The van der Waals surface area contributed by atoms with Gasteiger partial charge in [0.15, 0.2) is 0 Å². The van der Waals surface area contributed by atoms with E-state index in [2.05, 4.69) is 0 Å². The molecule has 0 amide bonds. The molecule has 0 fully saturated rings. The Morgan fingerprint density at radius 1 is 1.18 bits per heavy atom. The van der Waals surface area contributed by atoms with Gasteiger partial charge in [-0.2, -0.15) is 0 Å². The van der Waals surface area contributed by atoms with E-state index in [1.54, 1.807) is 14.2 Å². The highest BCUT2D eigenvalue weighted by atomic mass is 16.5. The lowest BCUT2D eigenvalue weighted by Crippen LogP contribution is -1.92. The SMILES string of the molecule is COc1cccc(=[O+]C)cc1. The van der Waals surface area contributed by atoms with E-state index in [4.69, 9.17) is 9.16 Å². The first-order valence-corrected chi connectivity index (χ1v) is 3.38. The van der Waals surface area contributed by atoms with E-state index in [-0.39, 0.29) is 0 Å². The van der Waals surface area contributed by atoms with Crippen molar-refractivity contribution in [1.29, 1.82) is 0 Å². The van der Waals surface area contributed by atoms with Gasteiger partial charge in [0.05, 0.1) is 7.11 Å². The molecule has 2 heteroatoms. The van der Waals surface area contributed by atoms with Crippen LogP contribution in [0.5, 0.6) is 5.75 Å². The maximum Gasteiger partial charge on any atom is 0.343 e. The lowest BCUT2D eigenvalue weighted by Gasteiger charge is -1.90. The molecule has 0 unspecified atom stereocenters. The van der Waals surface area contributed by atoms with Gasteiger partial charge in [0.25, 0.3) is 7.11 Å². The van der Waals surface area contributed by atoms with Crippen LogP contribution in [0.2, 0.25) is 0 Å². The zero-order valence-electron chi connectivity index (χ0n) is 6.70. The van der Waals surface area contributed by atoms with Gasteiger partial charge in [0.1, 0.15) is 5.75 Å². The average molecular weight is 151 g/mol. The summed E-state index contributed by atoms with van der Waals surface area (Å²) in [6, 6.07) is 9.36.